The van der Waals surface area contributed by atoms with E-state index in [1.54, 1.807) is 7.11 Å². The summed E-state index contributed by atoms with van der Waals surface area (Å²) in [6.07, 6.45) is 0. The van der Waals surface area contributed by atoms with Crippen molar-refractivity contribution in [1.29, 1.82) is 0 Å². The van der Waals surface area contributed by atoms with Crippen molar-refractivity contribution in [3.05, 3.63) is 60.2 Å². The van der Waals surface area contributed by atoms with E-state index in [-0.39, 0.29) is 11.9 Å². The first-order valence-electron chi connectivity index (χ1n) is 6.78. The molecule has 0 saturated heterocycles. The Kier molecular flexibility index (Phi) is 4.95. The number of nitrogens with one attached hydrogen (secondary N) is 1. The molecule has 0 aliphatic carbocycles. The van der Waals surface area contributed by atoms with Gasteiger partial charge in [0.05, 0.1) is 12.8 Å². The first kappa shape index (κ1) is 15.1. The summed E-state index contributed by atoms with van der Waals surface area (Å²) in [4.78, 5) is 14.5. The van der Waals surface area contributed by atoms with Gasteiger partial charge >= 0.3 is 0 Å². The van der Waals surface area contributed by atoms with E-state index in [2.05, 4.69) is 5.32 Å². The summed E-state index contributed by atoms with van der Waals surface area (Å²) in [6, 6.07) is 16.7. The van der Waals surface area contributed by atoms with Crippen LogP contribution in [0.15, 0.2) is 54.6 Å². The molecule has 2 rings (SSSR count). The second-order valence-electron chi connectivity index (χ2n) is 4.97. The number of methoxy groups -OCH3 is 1. The van der Waals surface area contributed by atoms with Crippen molar-refractivity contribution in [3.8, 4) is 5.75 Å². The molecule has 0 aliphatic heterocycles. The lowest BCUT2D eigenvalue weighted by atomic mass is 10.1. The largest absolute Gasteiger partial charge is 0.495 e. The number of ether oxygens (including phenoxy) is 1. The monoisotopic (exact) mass is 284 g/mol. The van der Waals surface area contributed by atoms with Crippen molar-refractivity contribution in [2.45, 2.75) is 6.04 Å². The SMILES string of the molecule is COc1ccccc1NC(=O)C(c1ccccc1)N(C)C. The third kappa shape index (κ3) is 3.61. The molecule has 0 radical (unpaired) electrons. The molecule has 110 valence electrons. The van der Waals surface area contributed by atoms with Gasteiger partial charge in [-0.3, -0.25) is 9.69 Å². The molecule has 4 heteroatoms. The van der Waals surface area contributed by atoms with Crippen LogP contribution < -0.4 is 10.1 Å². The van der Waals surface area contributed by atoms with Gasteiger partial charge in [0.15, 0.2) is 0 Å². The van der Waals surface area contributed by atoms with Gasteiger partial charge in [0.25, 0.3) is 0 Å². The second kappa shape index (κ2) is 6.90. The van der Waals surface area contributed by atoms with Crippen LogP contribution >= 0.6 is 0 Å². The van der Waals surface area contributed by atoms with E-state index >= 15 is 0 Å². The van der Waals surface area contributed by atoms with Crippen molar-refractivity contribution in [2.24, 2.45) is 0 Å². The Morgan fingerprint density at radius 2 is 1.67 bits per heavy atom. The minimum atomic E-state index is -0.351. The second-order valence-corrected chi connectivity index (χ2v) is 4.97. The molecule has 0 spiro atoms. The lowest BCUT2D eigenvalue weighted by molar-refractivity contribution is -0.120. The standard InChI is InChI=1S/C17H20N2O2/c1-19(2)16(13-9-5-4-6-10-13)17(20)18-14-11-7-8-12-15(14)21-3/h4-12,16H,1-3H3,(H,18,20). The number of carbonyl (C=O) groups is 1. The maximum absolute atomic E-state index is 12.6. The molecular formula is C17H20N2O2. The number of amides is 1. The highest BCUT2D eigenvalue weighted by Gasteiger charge is 2.23. The Labute approximate surface area is 125 Å². The van der Waals surface area contributed by atoms with Gasteiger partial charge in [0.1, 0.15) is 11.8 Å². The molecule has 2 aromatic carbocycles. The Morgan fingerprint density at radius 3 is 2.29 bits per heavy atom. The number of para-hydroxylation sites is 2. The van der Waals surface area contributed by atoms with Crippen molar-refractivity contribution >= 4 is 11.6 Å². The normalized spacial score (nSPS) is 12.0. The summed E-state index contributed by atoms with van der Waals surface area (Å²) in [6.45, 7) is 0. The first-order chi connectivity index (χ1) is 10.1. The Hall–Kier alpha value is -2.33. The molecule has 0 aliphatic rings. The Morgan fingerprint density at radius 1 is 1.05 bits per heavy atom. The van der Waals surface area contributed by atoms with Crippen LogP contribution in [0.4, 0.5) is 5.69 Å². The van der Waals surface area contributed by atoms with Crippen LogP contribution in [0.5, 0.6) is 5.75 Å². The van der Waals surface area contributed by atoms with E-state index in [1.165, 1.54) is 0 Å². The molecule has 1 N–H and O–H groups in total. The number of carbonyl (C=O) groups excluding carboxylic acids is 1. The predicted molar refractivity (Wildman–Crippen MR) is 84.5 cm³/mol. The zero-order valence-corrected chi connectivity index (χ0v) is 12.5. The van der Waals surface area contributed by atoms with E-state index in [1.807, 2.05) is 73.6 Å². The highest BCUT2D eigenvalue weighted by atomic mass is 16.5. The summed E-state index contributed by atoms with van der Waals surface area (Å²) >= 11 is 0. The maximum Gasteiger partial charge on any atom is 0.246 e. The molecule has 1 unspecified atom stereocenters. The number of likely N-dealkylation sites (N-methyl/N-ethyl adjacent to an activating group) is 1. The molecule has 21 heavy (non-hydrogen) atoms. The summed E-state index contributed by atoms with van der Waals surface area (Å²) in [5.74, 6) is 0.562. The maximum atomic E-state index is 12.6. The molecule has 0 bridgehead atoms. The van der Waals surface area contributed by atoms with Crippen molar-refractivity contribution < 1.29 is 9.53 Å². The molecule has 2 aromatic rings. The number of nitrogens with zero attached hydrogens (tertiary/aromatic N) is 1. The van der Waals surface area contributed by atoms with Crippen LogP contribution in [0.3, 0.4) is 0 Å². The van der Waals surface area contributed by atoms with Crippen molar-refractivity contribution in [2.75, 3.05) is 26.5 Å². The fraction of sp³-hybridized carbons (Fsp3) is 0.235. The number of anilines is 1. The van der Waals surface area contributed by atoms with Crippen molar-refractivity contribution in [3.63, 3.8) is 0 Å². The summed E-state index contributed by atoms with van der Waals surface area (Å²) in [7, 11) is 5.37. The van der Waals surface area contributed by atoms with E-state index in [0.717, 1.165) is 5.56 Å². The summed E-state index contributed by atoms with van der Waals surface area (Å²) in [5, 5.41) is 2.94. The molecule has 0 heterocycles. The van der Waals surface area contributed by atoms with Gasteiger partial charge < -0.3 is 10.1 Å². The molecule has 0 fully saturated rings. The minimum absolute atomic E-state index is 0.0873. The number of hydrogen-bond acceptors (Lipinski definition) is 3. The predicted octanol–water partition coefficient (Wildman–Crippen LogP) is 2.94. The van der Waals surface area contributed by atoms with Gasteiger partial charge in [0.2, 0.25) is 5.91 Å². The molecule has 1 amide bonds. The van der Waals surface area contributed by atoms with Gasteiger partial charge in [-0.05, 0) is 31.8 Å². The van der Waals surface area contributed by atoms with Crippen LogP contribution in [0.25, 0.3) is 0 Å². The Balaban J connectivity index is 2.24. The van der Waals surface area contributed by atoms with Crippen LogP contribution in [0.2, 0.25) is 0 Å². The van der Waals surface area contributed by atoms with E-state index in [0.29, 0.717) is 11.4 Å². The van der Waals surface area contributed by atoms with Crippen LogP contribution in [0.1, 0.15) is 11.6 Å². The van der Waals surface area contributed by atoms with Crippen LogP contribution in [0, 0.1) is 0 Å². The van der Waals surface area contributed by atoms with Crippen LogP contribution in [-0.2, 0) is 4.79 Å². The lowest BCUT2D eigenvalue weighted by Crippen LogP contribution is -2.32. The van der Waals surface area contributed by atoms with Gasteiger partial charge in [-0.1, -0.05) is 42.5 Å². The molecule has 4 nitrogen and oxygen atoms in total. The van der Waals surface area contributed by atoms with Crippen molar-refractivity contribution in [1.82, 2.24) is 4.90 Å². The minimum Gasteiger partial charge on any atom is -0.495 e. The fourth-order valence-electron chi connectivity index (χ4n) is 2.27. The van der Waals surface area contributed by atoms with E-state index in [4.69, 9.17) is 4.74 Å². The number of rotatable bonds is 5. The van der Waals surface area contributed by atoms with E-state index < -0.39 is 0 Å². The highest BCUT2D eigenvalue weighted by molar-refractivity contribution is 5.96. The van der Waals surface area contributed by atoms with Crippen LogP contribution in [-0.4, -0.2) is 32.0 Å². The average Bonchev–Trinajstić information content (AvgIpc) is 2.48. The fourth-order valence-corrected chi connectivity index (χ4v) is 2.27. The first-order valence-corrected chi connectivity index (χ1v) is 6.78. The molecule has 1 atom stereocenters. The Bertz CT molecular complexity index is 597. The zero-order valence-electron chi connectivity index (χ0n) is 12.5. The number of benzene rings is 2. The molecule has 0 saturated carbocycles. The summed E-state index contributed by atoms with van der Waals surface area (Å²) < 4.78 is 5.26. The lowest BCUT2D eigenvalue weighted by Gasteiger charge is -2.24. The quantitative estimate of drug-likeness (QED) is 0.918. The average molecular weight is 284 g/mol. The molecular weight excluding hydrogens is 264 g/mol. The topological polar surface area (TPSA) is 41.6 Å². The zero-order chi connectivity index (χ0) is 15.2. The third-order valence-electron chi connectivity index (χ3n) is 3.24. The highest BCUT2D eigenvalue weighted by Crippen LogP contribution is 2.26. The third-order valence-corrected chi connectivity index (χ3v) is 3.24. The van der Waals surface area contributed by atoms with E-state index in [9.17, 15) is 4.79 Å². The van der Waals surface area contributed by atoms with Gasteiger partial charge in [0, 0.05) is 0 Å². The van der Waals surface area contributed by atoms with Gasteiger partial charge in [-0.25, -0.2) is 0 Å². The molecule has 0 aromatic heterocycles. The number of hydrogen-bond donors (Lipinski definition) is 1. The summed E-state index contributed by atoms with van der Waals surface area (Å²) in [5.41, 5.74) is 1.63. The smallest absolute Gasteiger partial charge is 0.246 e. The van der Waals surface area contributed by atoms with Gasteiger partial charge in [-0.2, -0.15) is 0 Å². The van der Waals surface area contributed by atoms with Gasteiger partial charge in [-0.15, -0.1) is 0 Å².